The van der Waals surface area contributed by atoms with Gasteiger partial charge in [0.1, 0.15) is 0 Å². The van der Waals surface area contributed by atoms with Gasteiger partial charge in [0.25, 0.3) is 0 Å². The van der Waals surface area contributed by atoms with Crippen LogP contribution in [0, 0.1) is 0 Å². The first-order valence-electron chi connectivity index (χ1n) is 4.14. The molecule has 0 rings (SSSR count). The zero-order chi connectivity index (χ0) is 12.1. The lowest BCUT2D eigenvalue weighted by Crippen LogP contribution is -2.33. The molecule has 0 aromatic rings. The number of amides is 1. The molecule has 0 aliphatic carbocycles. The predicted octanol–water partition coefficient (Wildman–Crippen LogP) is -1.53. The number of hydrogen-bond acceptors (Lipinski definition) is 4. The molecule has 0 aromatic carbocycles. The van der Waals surface area contributed by atoms with Crippen LogP contribution in [-0.2, 0) is 19.6 Å². The van der Waals surface area contributed by atoms with Gasteiger partial charge in [-0.25, -0.2) is 13.1 Å². The van der Waals surface area contributed by atoms with E-state index in [2.05, 4.69) is 0 Å². The lowest BCUT2D eigenvalue weighted by molar-refractivity contribution is -0.134. The highest BCUT2D eigenvalue weighted by Gasteiger charge is 2.15. The second-order valence-corrected chi connectivity index (χ2v) is 4.89. The first-order chi connectivity index (χ1) is 6.74. The molecule has 0 atom stereocenters. The number of aliphatic carboxylic acids is 1. The Morgan fingerprint density at radius 2 is 1.87 bits per heavy atom. The third-order valence-corrected chi connectivity index (χ3v) is 2.74. The average molecular weight is 238 g/mol. The summed E-state index contributed by atoms with van der Waals surface area (Å²) in [5, 5.41) is 8.25. The summed E-state index contributed by atoms with van der Waals surface area (Å²) in [6.07, 6.45) is 0.00580. The molecule has 0 saturated heterocycles. The van der Waals surface area contributed by atoms with Crippen LogP contribution in [-0.4, -0.2) is 56.7 Å². The molecule has 0 aliphatic heterocycles. The van der Waals surface area contributed by atoms with Gasteiger partial charge in [-0.2, -0.15) is 0 Å². The number of nitrogens with one attached hydrogen (secondary N) is 1. The van der Waals surface area contributed by atoms with Crippen LogP contribution in [0.15, 0.2) is 0 Å². The highest BCUT2D eigenvalue weighted by atomic mass is 32.2. The Balaban J connectivity index is 3.96. The van der Waals surface area contributed by atoms with Crippen molar-refractivity contribution >= 4 is 21.9 Å². The number of sulfonamides is 1. The summed E-state index contributed by atoms with van der Waals surface area (Å²) >= 11 is 0. The quantitative estimate of drug-likeness (QED) is 0.584. The number of hydrogen-bond donors (Lipinski definition) is 2. The SMILES string of the molecule is CN(C)C(=O)CCNS(=O)(=O)CC(=O)O. The molecule has 15 heavy (non-hydrogen) atoms. The van der Waals surface area contributed by atoms with Gasteiger partial charge in [-0.1, -0.05) is 0 Å². The van der Waals surface area contributed by atoms with E-state index in [9.17, 15) is 18.0 Å². The summed E-state index contributed by atoms with van der Waals surface area (Å²) in [5.41, 5.74) is 0. The molecule has 0 aromatic heterocycles. The minimum Gasteiger partial charge on any atom is -0.480 e. The van der Waals surface area contributed by atoms with Gasteiger partial charge in [0.15, 0.2) is 5.75 Å². The molecule has 0 radical (unpaired) electrons. The second kappa shape index (κ2) is 5.66. The Morgan fingerprint density at radius 3 is 2.27 bits per heavy atom. The van der Waals surface area contributed by atoms with Gasteiger partial charge < -0.3 is 10.0 Å². The molecular weight excluding hydrogens is 224 g/mol. The van der Waals surface area contributed by atoms with Crippen molar-refractivity contribution in [3.05, 3.63) is 0 Å². The van der Waals surface area contributed by atoms with Crippen molar-refractivity contribution in [3.63, 3.8) is 0 Å². The summed E-state index contributed by atoms with van der Waals surface area (Å²) in [5.74, 6) is -2.64. The summed E-state index contributed by atoms with van der Waals surface area (Å²) in [6, 6.07) is 0. The normalized spacial score (nSPS) is 11.1. The van der Waals surface area contributed by atoms with Crippen LogP contribution in [0.4, 0.5) is 0 Å². The molecule has 2 N–H and O–H groups in total. The van der Waals surface area contributed by atoms with Crippen molar-refractivity contribution in [3.8, 4) is 0 Å². The Hall–Kier alpha value is -1.15. The lowest BCUT2D eigenvalue weighted by Gasteiger charge is -2.10. The molecule has 7 nitrogen and oxygen atoms in total. The van der Waals surface area contributed by atoms with Gasteiger partial charge in [-0.05, 0) is 0 Å². The third-order valence-electron chi connectivity index (χ3n) is 1.47. The molecule has 0 bridgehead atoms. The first-order valence-corrected chi connectivity index (χ1v) is 5.79. The minimum absolute atomic E-state index is 0.00580. The molecule has 0 fully saturated rings. The van der Waals surface area contributed by atoms with Crippen molar-refractivity contribution in [1.29, 1.82) is 0 Å². The molecule has 8 heteroatoms. The van der Waals surface area contributed by atoms with E-state index in [0.29, 0.717) is 0 Å². The van der Waals surface area contributed by atoms with E-state index in [1.807, 2.05) is 4.72 Å². The van der Waals surface area contributed by atoms with Crippen LogP contribution in [0.3, 0.4) is 0 Å². The second-order valence-electron chi connectivity index (χ2n) is 3.09. The number of carboxylic acid groups (broad SMARTS) is 1. The average Bonchev–Trinajstić information content (AvgIpc) is 2.00. The van der Waals surface area contributed by atoms with Gasteiger partial charge in [-0.15, -0.1) is 0 Å². The lowest BCUT2D eigenvalue weighted by atomic mass is 10.4. The summed E-state index contributed by atoms with van der Waals surface area (Å²) in [7, 11) is -0.723. The topological polar surface area (TPSA) is 104 Å². The van der Waals surface area contributed by atoms with E-state index in [-0.39, 0.29) is 18.9 Å². The van der Waals surface area contributed by atoms with Crippen LogP contribution in [0.5, 0.6) is 0 Å². The Labute approximate surface area is 88.1 Å². The van der Waals surface area contributed by atoms with E-state index in [0.717, 1.165) is 0 Å². The first kappa shape index (κ1) is 13.8. The highest BCUT2D eigenvalue weighted by Crippen LogP contribution is 1.88. The Morgan fingerprint density at radius 1 is 1.33 bits per heavy atom. The molecule has 1 amide bonds. The maximum absolute atomic E-state index is 11.0. The monoisotopic (exact) mass is 238 g/mol. The highest BCUT2D eigenvalue weighted by molar-refractivity contribution is 7.90. The van der Waals surface area contributed by atoms with E-state index in [1.165, 1.54) is 4.90 Å². The smallest absolute Gasteiger partial charge is 0.320 e. The predicted molar refractivity (Wildman–Crippen MR) is 52.7 cm³/mol. The van der Waals surface area contributed by atoms with Crippen LogP contribution in [0.1, 0.15) is 6.42 Å². The molecule has 0 heterocycles. The number of carboxylic acids is 1. The van der Waals surface area contributed by atoms with Crippen LogP contribution in [0.25, 0.3) is 0 Å². The minimum atomic E-state index is -3.82. The number of carbonyl (C=O) groups is 2. The zero-order valence-corrected chi connectivity index (χ0v) is 9.37. The zero-order valence-electron chi connectivity index (χ0n) is 8.56. The van der Waals surface area contributed by atoms with Gasteiger partial charge in [0.2, 0.25) is 15.9 Å². The van der Waals surface area contributed by atoms with Crippen molar-refractivity contribution < 1.29 is 23.1 Å². The van der Waals surface area contributed by atoms with E-state index < -0.39 is 21.7 Å². The largest absolute Gasteiger partial charge is 0.480 e. The van der Waals surface area contributed by atoms with E-state index >= 15 is 0 Å². The molecule has 0 saturated carbocycles. The van der Waals surface area contributed by atoms with Crippen molar-refractivity contribution in [2.75, 3.05) is 26.4 Å². The fraction of sp³-hybridized carbons (Fsp3) is 0.714. The van der Waals surface area contributed by atoms with Crippen LogP contribution < -0.4 is 4.72 Å². The van der Waals surface area contributed by atoms with Crippen molar-refractivity contribution in [2.24, 2.45) is 0 Å². The molecule has 0 unspecified atom stereocenters. The molecule has 88 valence electrons. The Kier molecular flexibility index (Phi) is 5.23. The maximum atomic E-state index is 11.0. The molecular formula is C7H14N2O5S. The fourth-order valence-electron chi connectivity index (χ4n) is 0.751. The Bertz CT molecular complexity index is 335. The van der Waals surface area contributed by atoms with Gasteiger partial charge in [0, 0.05) is 27.1 Å². The van der Waals surface area contributed by atoms with Gasteiger partial charge in [0.05, 0.1) is 0 Å². The van der Waals surface area contributed by atoms with E-state index in [4.69, 9.17) is 5.11 Å². The fourth-order valence-corrected chi connectivity index (χ4v) is 1.59. The number of nitrogens with zero attached hydrogens (tertiary/aromatic N) is 1. The van der Waals surface area contributed by atoms with Crippen LogP contribution >= 0.6 is 0 Å². The van der Waals surface area contributed by atoms with Gasteiger partial charge in [-0.3, -0.25) is 9.59 Å². The number of rotatable bonds is 6. The van der Waals surface area contributed by atoms with E-state index in [1.54, 1.807) is 14.1 Å². The number of carbonyl (C=O) groups excluding carboxylic acids is 1. The van der Waals surface area contributed by atoms with Gasteiger partial charge >= 0.3 is 5.97 Å². The summed E-state index contributed by atoms with van der Waals surface area (Å²) in [4.78, 5) is 22.5. The molecule has 0 spiro atoms. The van der Waals surface area contributed by atoms with Crippen LogP contribution in [0.2, 0.25) is 0 Å². The van der Waals surface area contributed by atoms with Crippen molar-refractivity contribution in [1.82, 2.24) is 9.62 Å². The standard InChI is InChI=1S/C7H14N2O5S/c1-9(2)6(10)3-4-8-15(13,14)5-7(11)12/h8H,3-5H2,1-2H3,(H,11,12). The third kappa shape index (κ3) is 6.86. The van der Waals surface area contributed by atoms with Crippen molar-refractivity contribution in [2.45, 2.75) is 6.42 Å². The summed E-state index contributed by atoms with van der Waals surface area (Å²) in [6.45, 7) is -0.0906. The molecule has 0 aliphatic rings. The summed E-state index contributed by atoms with van der Waals surface area (Å²) < 4.78 is 24.0. The maximum Gasteiger partial charge on any atom is 0.320 e.